The summed E-state index contributed by atoms with van der Waals surface area (Å²) in [5, 5.41) is 18.6. The summed E-state index contributed by atoms with van der Waals surface area (Å²) in [6, 6.07) is 2.30. The zero-order valence-corrected chi connectivity index (χ0v) is 12.2. The Morgan fingerprint density at radius 3 is 3.05 bits per heavy atom. The fraction of sp³-hybridized carbons (Fsp3) is 0.308. The van der Waals surface area contributed by atoms with Gasteiger partial charge in [0.15, 0.2) is 5.65 Å². The Balaban J connectivity index is 1.94. The highest BCUT2D eigenvalue weighted by Crippen LogP contribution is 2.25. The highest BCUT2D eigenvalue weighted by Gasteiger charge is 2.12. The van der Waals surface area contributed by atoms with Gasteiger partial charge in [-0.25, -0.2) is 0 Å². The molecule has 3 aromatic heterocycles. The summed E-state index contributed by atoms with van der Waals surface area (Å²) < 4.78 is 0. The molecular formula is C13H16N6S. The summed E-state index contributed by atoms with van der Waals surface area (Å²) in [7, 11) is 0. The highest BCUT2D eigenvalue weighted by molar-refractivity contribution is 7.07. The summed E-state index contributed by atoms with van der Waals surface area (Å²) in [5.41, 5.74) is 1.98. The van der Waals surface area contributed by atoms with Crippen LogP contribution in [-0.2, 0) is 0 Å². The van der Waals surface area contributed by atoms with Crippen molar-refractivity contribution in [3.05, 3.63) is 28.6 Å². The van der Waals surface area contributed by atoms with E-state index in [1.165, 1.54) is 5.56 Å². The summed E-state index contributed by atoms with van der Waals surface area (Å²) in [6.45, 7) is 4.91. The molecule has 104 valence electrons. The SMILES string of the molecule is CCNc1nc(NC(C)c2ccsc2)c2cn[nH]c2n1. The van der Waals surface area contributed by atoms with Crippen molar-refractivity contribution in [2.75, 3.05) is 17.2 Å². The van der Waals surface area contributed by atoms with Gasteiger partial charge >= 0.3 is 0 Å². The highest BCUT2D eigenvalue weighted by atomic mass is 32.1. The number of anilines is 2. The average molecular weight is 288 g/mol. The third-order valence-electron chi connectivity index (χ3n) is 3.04. The topological polar surface area (TPSA) is 78.5 Å². The largest absolute Gasteiger partial charge is 0.363 e. The lowest BCUT2D eigenvalue weighted by Gasteiger charge is -2.14. The number of H-pyrrole nitrogens is 1. The second kappa shape index (κ2) is 5.46. The van der Waals surface area contributed by atoms with E-state index in [1.54, 1.807) is 17.5 Å². The van der Waals surface area contributed by atoms with Gasteiger partial charge in [-0.2, -0.15) is 26.4 Å². The Morgan fingerprint density at radius 1 is 1.40 bits per heavy atom. The average Bonchev–Trinajstić information content (AvgIpc) is 3.10. The fourth-order valence-corrected chi connectivity index (χ4v) is 2.75. The Labute approximate surface area is 120 Å². The smallest absolute Gasteiger partial charge is 0.226 e. The number of hydrogen-bond donors (Lipinski definition) is 3. The van der Waals surface area contributed by atoms with Gasteiger partial charge in [-0.15, -0.1) is 0 Å². The Kier molecular flexibility index (Phi) is 3.51. The van der Waals surface area contributed by atoms with E-state index < -0.39 is 0 Å². The Hall–Kier alpha value is -2.15. The van der Waals surface area contributed by atoms with E-state index >= 15 is 0 Å². The monoisotopic (exact) mass is 288 g/mol. The van der Waals surface area contributed by atoms with Crippen LogP contribution in [0.2, 0.25) is 0 Å². The van der Waals surface area contributed by atoms with Crippen molar-refractivity contribution in [3.8, 4) is 0 Å². The van der Waals surface area contributed by atoms with E-state index in [9.17, 15) is 0 Å². The van der Waals surface area contributed by atoms with Crippen LogP contribution in [0.1, 0.15) is 25.5 Å². The van der Waals surface area contributed by atoms with Crippen LogP contribution in [0.5, 0.6) is 0 Å². The molecule has 3 aromatic rings. The van der Waals surface area contributed by atoms with E-state index in [1.807, 2.05) is 6.92 Å². The zero-order chi connectivity index (χ0) is 13.9. The Morgan fingerprint density at radius 2 is 2.30 bits per heavy atom. The number of thiophene rings is 1. The molecule has 0 bridgehead atoms. The molecule has 0 aliphatic heterocycles. The van der Waals surface area contributed by atoms with Gasteiger partial charge in [-0.3, -0.25) is 5.10 Å². The van der Waals surface area contributed by atoms with Gasteiger partial charge in [0, 0.05) is 6.54 Å². The third-order valence-corrected chi connectivity index (χ3v) is 3.74. The van der Waals surface area contributed by atoms with Crippen molar-refractivity contribution in [1.29, 1.82) is 0 Å². The van der Waals surface area contributed by atoms with Crippen molar-refractivity contribution in [2.24, 2.45) is 0 Å². The molecule has 1 unspecified atom stereocenters. The van der Waals surface area contributed by atoms with Crippen LogP contribution >= 0.6 is 11.3 Å². The number of fused-ring (bicyclic) bond motifs is 1. The molecule has 0 aliphatic carbocycles. The van der Waals surface area contributed by atoms with Crippen molar-refractivity contribution in [2.45, 2.75) is 19.9 Å². The molecule has 3 N–H and O–H groups in total. The van der Waals surface area contributed by atoms with E-state index in [0.717, 1.165) is 23.4 Å². The standard InChI is InChI=1S/C13H16N6S/c1-3-14-13-17-11(10-6-15-19-12(10)18-13)16-8(2)9-4-5-20-7-9/h4-8H,3H2,1-2H3,(H3,14,15,16,17,18,19). The molecule has 0 amide bonds. The van der Waals surface area contributed by atoms with E-state index in [2.05, 4.69) is 54.5 Å². The first kappa shape index (κ1) is 12.9. The van der Waals surface area contributed by atoms with Crippen LogP contribution < -0.4 is 10.6 Å². The maximum Gasteiger partial charge on any atom is 0.226 e. The summed E-state index contributed by atoms with van der Waals surface area (Å²) in [6.07, 6.45) is 1.74. The van der Waals surface area contributed by atoms with Gasteiger partial charge < -0.3 is 10.6 Å². The van der Waals surface area contributed by atoms with Gasteiger partial charge in [0.25, 0.3) is 0 Å². The quantitative estimate of drug-likeness (QED) is 0.672. The van der Waals surface area contributed by atoms with E-state index in [0.29, 0.717) is 5.95 Å². The van der Waals surface area contributed by atoms with Crippen LogP contribution in [0.15, 0.2) is 23.0 Å². The number of hydrogen-bond acceptors (Lipinski definition) is 6. The molecule has 0 spiro atoms. The first-order valence-electron chi connectivity index (χ1n) is 6.51. The lowest BCUT2D eigenvalue weighted by Crippen LogP contribution is -2.10. The number of aromatic nitrogens is 4. The van der Waals surface area contributed by atoms with Gasteiger partial charge in [0.05, 0.1) is 17.6 Å². The molecule has 0 aromatic carbocycles. The lowest BCUT2D eigenvalue weighted by atomic mass is 10.2. The third kappa shape index (κ3) is 2.44. The number of nitrogens with one attached hydrogen (secondary N) is 3. The van der Waals surface area contributed by atoms with Crippen LogP contribution in [-0.4, -0.2) is 26.7 Å². The van der Waals surface area contributed by atoms with Gasteiger partial charge in [-0.05, 0) is 36.2 Å². The van der Waals surface area contributed by atoms with E-state index in [4.69, 9.17) is 0 Å². The second-order valence-electron chi connectivity index (χ2n) is 4.48. The molecule has 0 saturated carbocycles. The molecule has 3 heterocycles. The molecular weight excluding hydrogens is 272 g/mol. The lowest BCUT2D eigenvalue weighted by molar-refractivity contribution is 0.881. The maximum atomic E-state index is 4.52. The minimum atomic E-state index is 0.184. The zero-order valence-electron chi connectivity index (χ0n) is 11.3. The van der Waals surface area contributed by atoms with Crippen molar-refractivity contribution in [3.63, 3.8) is 0 Å². The van der Waals surface area contributed by atoms with Crippen LogP contribution in [0.25, 0.3) is 11.0 Å². The fourth-order valence-electron chi connectivity index (χ4n) is 1.99. The molecule has 20 heavy (non-hydrogen) atoms. The number of nitrogens with zero attached hydrogens (tertiary/aromatic N) is 3. The predicted octanol–water partition coefficient (Wildman–Crippen LogP) is 3.02. The maximum absolute atomic E-state index is 4.52. The summed E-state index contributed by atoms with van der Waals surface area (Å²) in [4.78, 5) is 8.90. The second-order valence-corrected chi connectivity index (χ2v) is 5.26. The van der Waals surface area contributed by atoms with Gasteiger partial charge in [-0.1, -0.05) is 0 Å². The van der Waals surface area contributed by atoms with Crippen LogP contribution in [0.3, 0.4) is 0 Å². The van der Waals surface area contributed by atoms with E-state index in [-0.39, 0.29) is 6.04 Å². The van der Waals surface area contributed by atoms with Crippen LogP contribution in [0, 0.1) is 0 Å². The summed E-state index contributed by atoms with van der Waals surface area (Å²) >= 11 is 1.69. The molecule has 6 nitrogen and oxygen atoms in total. The molecule has 7 heteroatoms. The van der Waals surface area contributed by atoms with Crippen LogP contribution in [0.4, 0.5) is 11.8 Å². The van der Waals surface area contributed by atoms with Crippen molar-refractivity contribution < 1.29 is 0 Å². The number of rotatable bonds is 5. The molecule has 0 fully saturated rings. The first-order valence-corrected chi connectivity index (χ1v) is 7.46. The predicted molar refractivity (Wildman–Crippen MR) is 82.2 cm³/mol. The number of aromatic amines is 1. The van der Waals surface area contributed by atoms with Crippen molar-refractivity contribution >= 4 is 34.1 Å². The molecule has 0 saturated heterocycles. The molecule has 0 radical (unpaired) electrons. The summed E-state index contributed by atoms with van der Waals surface area (Å²) in [5.74, 6) is 1.39. The van der Waals surface area contributed by atoms with Gasteiger partial charge in [0.2, 0.25) is 5.95 Å². The first-order chi connectivity index (χ1) is 9.78. The van der Waals surface area contributed by atoms with Gasteiger partial charge in [0.1, 0.15) is 5.82 Å². The minimum Gasteiger partial charge on any atom is -0.363 e. The normalized spacial score (nSPS) is 12.5. The molecule has 1 atom stereocenters. The van der Waals surface area contributed by atoms with Crippen molar-refractivity contribution in [1.82, 2.24) is 20.2 Å². The Bertz CT molecular complexity index is 690. The molecule has 3 rings (SSSR count). The molecule has 0 aliphatic rings. The minimum absolute atomic E-state index is 0.184.